The van der Waals surface area contributed by atoms with Crippen molar-refractivity contribution in [1.29, 1.82) is 5.26 Å². The van der Waals surface area contributed by atoms with Gasteiger partial charge in [-0.1, -0.05) is 0 Å². The molecule has 1 aromatic carbocycles. The number of anilines is 3. The summed E-state index contributed by atoms with van der Waals surface area (Å²) >= 11 is 3.28. The first-order valence-corrected chi connectivity index (χ1v) is 5.77. The summed E-state index contributed by atoms with van der Waals surface area (Å²) in [4.78, 5) is 4.04. The topological polar surface area (TPSA) is 74.7 Å². The van der Waals surface area contributed by atoms with Crippen LogP contribution in [0, 0.1) is 17.1 Å². The van der Waals surface area contributed by atoms with Gasteiger partial charge in [-0.25, -0.2) is 9.37 Å². The normalized spacial score (nSPS) is 9.83. The zero-order valence-corrected chi connectivity index (χ0v) is 10.7. The lowest BCUT2D eigenvalue weighted by molar-refractivity contribution is 0.631. The highest BCUT2D eigenvalue weighted by atomic mass is 79.9. The van der Waals surface area contributed by atoms with E-state index in [1.54, 1.807) is 6.07 Å². The zero-order chi connectivity index (χ0) is 13.1. The summed E-state index contributed by atoms with van der Waals surface area (Å²) in [6.07, 6.45) is 1.47. The summed E-state index contributed by atoms with van der Waals surface area (Å²) in [7, 11) is 0. The van der Waals surface area contributed by atoms with Crippen molar-refractivity contribution in [3.05, 3.63) is 46.3 Å². The maximum atomic E-state index is 13.7. The number of hydrogen-bond acceptors (Lipinski definition) is 4. The molecule has 0 spiro atoms. The van der Waals surface area contributed by atoms with Crippen molar-refractivity contribution in [3.8, 4) is 6.07 Å². The monoisotopic (exact) mass is 306 g/mol. The van der Waals surface area contributed by atoms with Gasteiger partial charge in [-0.3, -0.25) is 0 Å². The molecule has 0 saturated carbocycles. The SMILES string of the molecule is N#Cc1ccc(Nc2ncc(N)cc2Br)c(F)c1. The lowest BCUT2D eigenvalue weighted by Crippen LogP contribution is -1.98. The third-order valence-corrected chi connectivity index (χ3v) is 2.82. The molecule has 1 aromatic heterocycles. The molecule has 0 aliphatic heterocycles. The van der Waals surface area contributed by atoms with Gasteiger partial charge in [0.05, 0.1) is 33.7 Å². The third-order valence-electron chi connectivity index (χ3n) is 2.21. The maximum absolute atomic E-state index is 13.7. The van der Waals surface area contributed by atoms with Gasteiger partial charge in [0.15, 0.2) is 0 Å². The molecule has 90 valence electrons. The summed E-state index contributed by atoms with van der Waals surface area (Å²) in [5.41, 5.74) is 6.57. The van der Waals surface area contributed by atoms with Crippen LogP contribution in [0.25, 0.3) is 0 Å². The van der Waals surface area contributed by atoms with Crippen molar-refractivity contribution in [1.82, 2.24) is 4.98 Å². The lowest BCUT2D eigenvalue weighted by Gasteiger charge is -2.09. The molecule has 0 aliphatic carbocycles. The largest absolute Gasteiger partial charge is 0.397 e. The highest BCUT2D eigenvalue weighted by Gasteiger charge is 2.07. The number of hydrogen-bond donors (Lipinski definition) is 2. The van der Waals surface area contributed by atoms with E-state index in [2.05, 4.69) is 26.2 Å². The molecule has 4 nitrogen and oxygen atoms in total. The van der Waals surface area contributed by atoms with Gasteiger partial charge in [-0.15, -0.1) is 0 Å². The molecule has 0 fully saturated rings. The molecule has 0 radical (unpaired) electrons. The quantitative estimate of drug-likeness (QED) is 0.893. The molecule has 0 unspecified atom stereocenters. The van der Waals surface area contributed by atoms with E-state index in [0.717, 1.165) is 6.07 Å². The van der Waals surface area contributed by atoms with E-state index in [1.165, 1.54) is 18.3 Å². The van der Waals surface area contributed by atoms with E-state index in [1.807, 2.05) is 6.07 Å². The van der Waals surface area contributed by atoms with Crippen molar-refractivity contribution in [2.45, 2.75) is 0 Å². The number of nitrogens with two attached hydrogens (primary N) is 1. The number of nitrogens with zero attached hydrogens (tertiary/aromatic N) is 2. The van der Waals surface area contributed by atoms with Crippen LogP contribution in [0.5, 0.6) is 0 Å². The number of rotatable bonds is 2. The number of nitrogen functional groups attached to an aromatic ring is 1. The van der Waals surface area contributed by atoms with Gasteiger partial charge in [0.25, 0.3) is 0 Å². The number of nitrogens with one attached hydrogen (secondary N) is 1. The Kier molecular flexibility index (Phi) is 3.44. The minimum Gasteiger partial charge on any atom is -0.397 e. The predicted molar refractivity (Wildman–Crippen MR) is 70.7 cm³/mol. The van der Waals surface area contributed by atoms with E-state index in [9.17, 15) is 4.39 Å². The maximum Gasteiger partial charge on any atom is 0.147 e. The third kappa shape index (κ3) is 2.57. The standard InChI is InChI=1S/C12H8BrFN4/c13-9-4-8(16)6-17-12(9)18-11-2-1-7(5-15)3-10(11)14/h1-4,6H,16H2,(H,17,18). The molecule has 0 bridgehead atoms. The molecule has 0 atom stereocenters. The average Bonchev–Trinajstić information content (AvgIpc) is 2.34. The first-order chi connectivity index (χ1) is 8.60. The first kappa shape index (κ1) is 12.3. The highest BCUT2D eigenvalue weighted by Crippen LogP contribution is 2.26. The van der Waals surface area contributed by atoms with Crippen LogP contribution in [0.3, 0.4) is 0 Å². The summed E-state index contributed by atoms with van der Waals surface area (Å²) in [5, 5.41) is 11.5. The van der Waals surface area contributed by atoms with Gasteiger partial charge in [0.2, 0.25) is 0 Å². The molecule has 6 heteroatoms. The number of pyridine rings is 1. The Balaban J connectivity index is 2.32. The number of benzene rings is 1. The van der Waals surface area contributed by atoms with Crippen molar-refractivity contribution < 1.29 is 4.39 Å². The molecule has 0 amide bonds. The van der Waals surface area contributed by atoms with Gasteiger partial charge < -0.3 is 11.1 Å². The fourth-order valence-corrected chi connectivity index (χ4v) is 1.82. The van der Waals surface area contributed by atoms with Crippen molar-refractivity contribution in [2.75, 3.05) is 11.1 Å². The van der Waals surface area contributed by atoms with Crippen molar-refractivity contribution in [3.63, 3.8) is 0 Å². The van der Waals surface area contributed by atoms with E-state index in [0.29, 0.717) is 16.0 Å². The Hall–Kier alpha value is -2.13. The first-order valence-electron chi connectivity index (χ1n) is 4.98. The zero-order valence-electron chi connectivity index (χ0n) is 9.11. The van der Waals surface area contributed by atoms with Crippen LogP contribution < -0.4 is 11.1 Å². The lowest BCUT2D eigenvalue weighted by atomic mass is 10.2. The molecule has 2 aromatic rings. The summed E-state index contributed by atoms with van der Waals surface area (Å²) < 4.78 is 14.3. The van der Waals surface area contributed by atoms with Crippen LogP contribution in [0.4, 0.5) is 21.6 Å². The average molecular weight is 307 g/mol. The fraction of sp³-hybridized carbons (Fsp3) is 0. The molecule has 0 saturated heterocycles. The highest BCUT2D eigenvalue weighted by molar-refractivity contribution is 9.10. The molecule has 2 rings (SSSR count). The van der Waals surface area contributed by atoms with E-state index in [-0.39, 0.29) is 11.3 Å². The van der Waals surface area contributed by atoms with Gasteiger partial charge in [0, 0.05) is 0 Å². The van der Waals surface area contributed by atoms with Crippen LogP contribution in [-0.2, 0) is 0 Å². The molecular weight excluding hydrogens is 299 g/mol. The molecule has 1 heterocycles. The minimum absolute atomic E-state index is 0.243. The minimum atomic E-state index is -0.514. The Morgan fingerprint density at radius 1 is 1.39 bits per heavy atom. The van der Waals surface area contributed by atoms with Crippen LogP contribution in [0.15, 0.2) is 34.9 Å². The Morgan fingerprint density at radius 2 is 2.17 bits per heavy atom. The Labute approximate surface area is 111 Å². The summed E-state index contributed by atoms with van der Waals surface area (Å²) in [5.74, 6) is -0.0626. The molecule has 3 N–H and O–H groups in total. The summed E-state index contributed by atoms with van der Waals surface area (Å²) in [6.45, 7) is 0. The van der Waals surface area contributed by atoms with Crippen molar-refractivity contribution in [2.24, 2.45) is 0 Å². The number of halogens is 2. The van der Waals surface area contributed by atoms with Gasteiger partial charge in [-0.2, -0.15) is 5.26 Å². The smallest absolute Gasteiger partial charge is 0.147 e. The van der Waals surface area contributed by atoms with E-state index in [4.69, 9.17) is 11.0 Å². The molecule has 18 heavy (non-hydrogen) atoms. The molecule has 0 aliphatic rings. The van der Waals surface area contributed by atoms with Crippen LogP contribution >= 0.6 is 15.9 Å². The van der Waals surface area contributed by atoms with Crippen LogP contribution in [0.2, 0.25) is 0 Å². The van der Waals surface area contributed by atoms with Gasteiger partial charge >= 0.3 is 0 Å². The van der Waals surface area contributed by atoms with Gasteiger partial charge in [-0.05, 0) is 40.2 Å². The van der Waals surface area contributed by atoms with Crippen LogP contribution in [0.1, 0.15) is 5.56 Å². The predicted octanol–water partition coefficient (Wildman–Crippen LogP) is 3.18. The second kappa shape index (κ2) is 5.02. The number of nitriles is 1. The van der Waals surface area contributed by atoms with Gasteiger partial charge in [0.1, 0.15) is 11.6 Å². The Bertz CT molecular complexity index is 636. The second-order valence-corrected chi connectivity index (χ2v) is 4.38. The summed E-state index contributed by atoms with van der Waals surface area (Å²) in [6, 6.07) is 7.70. The fourth-order valence-electron chi connectivity index (χ4n) is 1.36. The van der Waals surface area contributed by atoms with E-state index >= 15 is 0 Å². The van der Waals surface area contributed by atoms with Crippen molar-refractivity contribution >= 4 is 33.1 Å². The van der Waals surface area contributed by atoms with Crippen LogP contribution in [-0.4, -0.2) is 4.98 Å². The Morgan fingerprint density at radius 3 is 2.78 bits per heavy atom. The molecular formula is C12H8BrFN4. The van der Waals surface area contributed by atoms with E-state index < -0.39 is 5.82 Å². The number of aromatic nitrogens is 1. The second-order valence-electron chi connectivity index (χ2n) is 3.53.